The van der Waals surface area contributed by atoms with Crippen molar-refractivity contribution in [3.8, 4) is 0 Å². The zero-order valence-electron chi connectivity index (χ0n) is 20.6. The summed E-state index contributed by atoms with van der Waals surface area (Å²) in [7, 11) is 4.95. The molecule has 182 valence electrons. The van der Waals surface area contributed by atoms with E-state index in [0.29, 0.717) is 0 Å². The van der Waals surface area contributed by atoms with E-state index >= 15 is 0 Å². The minimum Gasteiger partial charge on any atom is -1.00 e. The molecule has 0 aromatic carbocycles. The molecule has 2 fully saturated rings. The first kappa shape index (κ1) is 30.9. The highest BCUT2D eigenvalue weighted by atomic mass is 79.9. The summed E-state index contributed by atoms with van der Waals surface area (Å²) in [6, 6.07) is 0. The summed E-state index contributed by atoms with van der Waals surface area (Å²) in [5.41, 5.74) is 0. The molecule has 0 aliphatic carbocycles. The number of nitrogens with zero attached hydrogens (tertiary/aromatic N) is 2. The minimum atomic E-state index is 0. The third-order valence-electron chi connectivity index (χ3n) is 7.94. The molecule has 0 N–H and O–H groups in total. The summed E-state index contributed by atoms with van der Waals surface area (Å²) in [6.07, 6.45) is 26.6. The van der Waals surface area contributed by atoms with E-state index in [1.54, 1.807) is 0 Å². The number of hydrogen-bond donors (Lipinski definition) is 0. The van der Waals surface area contributed by atoms with Gasteiger partial charge in [0.05, 0.1) is 53.4 Å². The predicted molar refractivity (Wildman–Crippen MR) is 125 cm³/mol. The Balaban J connectivity index is 0.00000420. The maximum atomic E-state index is 2.48. The van der Waals surface area contributed by atoms with Crippen molar-refractivity contribution in [2.75, 3.05) is 53.4 Å². The Morgan fingerprint density at radius 3 is 0.800 bits per heavy atom. The summed E-state index contributed by atoms with van der Waals surface area (Å²) >= 11 is 0. The molecular weight excluding hydrogens is 500 g/mol. The number of halogens is 2. The van der Waals surface area contributed by atoms with Crippen LogP contribution < -0.4 is 34.0 Å². The van der Waals surface area contributed by atoms with E-state index in [9.17, 15) is 0 Å². The van der Waals surface area contributed by atoms with E-state index in [4.69, 9.17) is 0 Å². The van der Waals surface area contributed by atoms with Crippen LogP contribution in [0.1, 0.15) is 116 Å². The van der Waals surface area contributed by atoms with Gasteiger partial charge in [-0.2, -0.15) is 0 Å². The van der Waals surface area contributed by atoms with Crippen LogP contribution in [0.2, 0.25) is 0 Å². The molecule has 0 amide bonds. The standard InChI is InChI=1S/C26H54N2.2BrH/c1-27(23-17-18-24-27)21-15-13-11-9-7-5-3-4-6-8-10-12-14-16-22-28(2)25-19-20-26-28;;/h3-26H2,1-2H3;2*1H/q+2;;/p-2. The Morgan fingerprint density at radius 2 is 0.567 bits per heavy atom. The van der Waals surface area contributed by atoms with Crippen LogP contribution in [-0.2, 0) is 0 Å². The zero-order valence-corrected chi connectivity index (χ0v) is 23.8. The number of likely N-dealkylation sites (tertiary alicyclic amines) is 2. The van der Waals surface area contributed by atoms with Crippen molar-refractivity contribution in [3.05, 3.63) is 0 Å². The predicted octanol–water partition coefficient (Wildman–Crippen LogP) is 0.937. The van der Waals surface area contributed by atoms with E-state index in [2.05, 4.69) is 14.1 Å². The third kappa shape index (κ3) is 14.1. The molecule has 2 aliphatic rings. The van der Waals surface area contributed by atoms with Crippen LogP contribution >= 0.6 is 0 Å². The highest BCUT2D eigenvalue weighted by molar-refractivity contribution is 4.55. The summed E-state index contributed by atoms with van der Waals surface area (Å²) in [5, 5.41) is 0. The van der Waals surface area contributed by atoms with Crippen molar-refractivity contribution in [1.29, 1.82) is 0 Å². The molecule has 0 aromatic heterocycles. The summed E-state index contributed by atoms with van der Waals surface area (Å²) in [4.78, 5) is 0. The molecule has 0 aromatic rings. The lowest BCUT2D eigenvalue weighted by Crippen LogP contribution is -3.00. The monoisotopic (exact) mass is 552 g/mol. The first-order chi connectivity index (χ1) is 13.6. The van der Waals surface area contributed by atoms with Gasteiger partial charge in [-0.25, -0.2) is 0 Å². The number of unbranched alkanes of at least 4 members (excludes halogenated alkanes) is 13. The highest BCUT2D eigenvalue weighted by Crippen LogP contribution is 2.19. The van der Waals surface area contributed by atoms with Crippen molar-refractivity contribution in [1.82, 2.24) is 0 Å². The second-order valence-electron chi connectivity index (χ2n) is 10.9. The largest absolute Gasteiger partial charge is 1.00 e. The maximum absolute atomic E-state index is 2.48. The molecule has 0 radical (unpaired) electrons. The normalized spacial score (nSPS) is 19.4. The molecule has 2 saturated heterocycles. The molecule has 2 aliphatic heterocycles. The second kappa shape index (κ2) is 18.3. The van der Waals surface area contributed by atoms with Crippen molar-refractivity contribution < 1.29 is 42.9 Å². The van der Waals surface area contributed by atoms with E-state index in [0.717, 1.165) is 0 Å². The molecule has 2 rings (SSSR count). The van der Waals surface area contributed by atoms with Gasteiger partial charge in [0.25, 0.3) is 0 Å². The van der Waals surface area contributed by atoms with Crippen LogP contribution in [-0.4, -0.2) is 62.3 Å². The first-order valence-corrected chi connectivity index (χ1v) is 13.3. The number of quaternary nitrogens is 2. The van der Waals surface area contributed by atoms with E-state index in [1.165, 1.54) is 164 Å². The van der Waals surface area contributed by atoms with E-state index < -0.39 is 0 Å². The van der Waals surface area contributed by atoms with Gasteiger partial charge in [0.2, 0.25) is 0 Å². The van der Waals surface area contributed by atoms with Crippen LogP contribution in [0.3, 0.4) is 0 Å². The van der Waals surface area contributed by atoms with Gasteiger partial charge in [0.15, 0.2) is 0 Å². The van der Waals surface area contributed by atoms with Gasteiger partial charge in [-0.3, -0.25) is 0 Å². The fourth-order valence-electron chi connectivity index (χ4n) is 5.75. The molecule has 4 heteroatoms. The maximum Gasteiger partial charge on any atom is 0.0786 e. The summed E-state index contributed by atoms with van der Waals surface area (Å²) < 4.78 is 2.75. The van der Waals surface area contributed by atoms with Crippen LogP contribution in [0.4, 0.5) is 0 Å². The van der Waals surface area contributed by atoms with Gasteiger partial charge in [0, 0.05) is 25.7 Å². The van der Waals surface area contributed by atoms with Gasteiger partial charge in [-0.1, -0.05) is 64.2 Å². The fourth-order valence-corrected chi connectivity index (χ4v) is 5.75. The van der Waals surface area contributed by atoms with Crippen LogP contribution in [0.25, 0.3) is 0 Å². The Labute approximate surface area is 211 Å². The van der Waals surface area contributed by atoms with Crippen molar-refractivity contribution in [2.45, 2.75) is 116 Å². The first-order valence-electron chi connectivity index (χ1n) is 13.3. The Bertz CT molecular complexity index is 341. The highest BCUT2D eigenvalue weighted by Gasteiger charge is 2.26. The molecule has 0 bridgehead atoms. The molecule has 0 saturated carbocycles. The van der Waals surface area contributed by atoms with Crippen LogP contribution in [0, 0.1) is 0 Å². The smallest absolute Gasteiger partial charge is 0.0786 e. The fraction of sp³-hybridized carbons (Fsp3) is 1.00. The molecule has 0 unspecified atom stereocenters. The molecule has 2 heterocycles. The van der Waals surface area contributed by atoms with Gasteiger partial charge in [0.1, 0.15) is 0 Å². The Hall–Kier alpha value is 0.880. The molecule has 0 atom stereocenters. The number of hydrogen-bond acceptors (Lipinski definition) is 0. The third-order valence-corrected chi connectivity index (χ3v) is 7.94. The molecule has 2 nitrogen and oxygen atoms in total. The lowest BCUT2D eigenvalue weighted by atomic mass is 10.0. The van der Waals surface area contributed by atoms with E-state index in [1.807, 2.05) is 0 Å². The van der Waals surface area contributed by atoms with Crippen molar-refractivity contribution in [3.63, 3.8) is 0 Å². The quantitative estimate of drug-likeness (QED) is 0.186. The summed E-state index contributed by atoms with van der Waals surface area (Å²) in [6.45, 7) is 8.66. The molecular formula is C26H54Br2N2. The molecule has 0 spiro atoms. The Morgan fingerprint density at radius 1 is 0.367 bits per heavy atom. The second-order valence-corrected chi connectivity index (χ2v) is 10.9. The average molecular weight is 555 g/mol. The average Bonchev–Trinajstić information content (AvgIpc) is 3.30. The van der Waals surface area contributed by atoms with Gasteiger partial charge in [-0.05, 0) is 25.7 Å². The van der Waals surface area contributed by atoms with Gasteiger partial charge in [-0.15, -0.1) is 0 Å². The Kier molecular flexibility index (Phi) is 18.9. The summed E-state index contributed by atoms with van der Waals surface area (Å²) in [5.74, 6) is 0. The molecule has 30 heavy (non-hydrogen) atoms. The zero-order chi connectivity index (χ0) is 20.0. The van der Waals surface area contributed by atoms with E-state index in [-0.39, 0.29) is 34.0 Å². The topological polar surface area (TPSA) is 0 Å². The SMILES string of the molecule is C[N+]1(CCCCCCCCCCCCCCCC[N+]2(C)CCCC2)CCCC1.[Br-].[Br-]. The lowest BCUT2D eigenvalue weighted by Gasteiger charge is -2.29. The minimum absolute atomic E-state index is 0. The van der Waals surface area contributed by atoms with Crippen LogP contribution in [0.15, 0.2) is 0 Å². The number of rotatable bonds is 17. The van der Waals surface area contributed by atoms with Gasteiger partial charge < -0.3 is 42.9 Å². The van der Waals surface area contributed by atoms with Crippen molar-refractivity contribution in [2.24, 2.45) is 0 Å². The van der Waals surface area contributed by atoms with Crippen LogP contribution in [0.5, 0.6) is 0 Å². The lowest BCUT2D eigenvalue weighted by molar-refractivity contribution is -0.897. The van der Waals surface area contributed by atoms with Crippen molar-refractivity contribution >= 4 is 0 Å². The van der Waals surface area contributed by atoms with Gasteiger partial charge >= 0.3 is 0 Å².